The fraction of sp³-hybridized carbons (Fsp3) is 0.412. The largest absolute Gasteiger partial charge is 0.453 e. The maximum Gasteiger partial charge on any atom is 0.257 e. The molecule has 1 atom stereocenters. The molecule has 1 saturated heterocycles. The summed E-state index contributed by atoms with van der Waals surface area (Å²) >= 11 is 0. The number of carbonyl (C=O) groups is 1. The Labute approximate surface area is 130 Å². The van der Waals surface area contributed by atoms with Crippen molar-refractivity contribution < 1.29 is 9.53 Å². The molecule has 1 aromatic carbocycles. The highest BCUT2D eigenvalue weighted by atomic mass is 16.5. The lowest BCUT2D eigenvalue weighted by atomic mass is 9.99. The lowest BCUT2D eigenvalue weighted by Gasteiger charge is -2.31. The smallest absolute Gasteiger partial charge is 0.257 e. The molecule has 0 unspecified atom stereocenters. The van der Waals surface area contributed by atoms with Crippen molar-refractivity contribution >= 4 is 5.91 Å². The van der Waals surface area contributed by atoms with Crippen molar-refractivity contribution in [2.24, 2.45) is 13.0 Å². The zero-order valence-electron chi connectivity index (χ0n) is 13.0. The van der Waals surface area contributed by atoms with Crippen molar-refractivity contribution in [2.45, 2.75) is 19.8 Å². The molecule has 3 rings (SSSR count). The maximum atomic E-state index is 12.8. The SMILES string of the molecule is C[C@H]1CCCN(C(=O)c2ccccc2Oc2cnn(C)c2)C1. The summed E-state index contributed by atoms with van der Waals surface area (Å²) in [7, 11) is 1.83. The van der Waals surface area contributed by atoms with Gasteiger partial charge >= 0.3 is 0 Å². The average molecular weight is 299 g/mol. The molecule has 1 amide bonds. The highest BCUT2D eigenvalue weighted by Crippen LogP contribution is 2.27. The standard InChI is InChI=1S/C17H21N3O2/c1-13-6-5-9-20(11-13)17(21)15-7-3-4-8-16(15)22-14-10-18-19(2)12-14/h3-4,7-8,10,12-13H,5-6,9,11H2,1-2H3/t13-/m0/s1. The van der Waals surface area contributed by atoms with Crippen LogP contribution in [-0.2, 0) is 7.05 Å². The Morgan fingerprint density at radius 3 is 2.91 bits per heavy atom. The van der Waals surface area contributed by atoms with Gasteiger partial charge in [0.25, 0.3) is 5.91 Å². The van der Waals surface area contributed by atoms with Gasteiger partial charge in [0, 0.05) is 20.1 Å². The van der Waals surface area contributed by atoms with Gasteiger partial charge in [-0.15, -0.1) is 0 Å². The Morgan fingerprint density at radius 1 is 1.36 bits per heavy atom. The van der Waals surface area contributed by atoms with E-state index in [0.717, 1.165) is 19.5 Å². The van der Waals surface area contributed by atoms with Crippen LogP contribution >= 0.6 is 0 Å². The molecule has 0 aliphatic carbocycles. The number of ether oxygens (including phenoxy) is 1. The van der Waals surface area contributed by atoms with Crippen molar-refractivity contribution in [2.75, 3.05) is 13.1 Å². The normalized spacial score (nSPS) is 18.3. The van der Waals surface area contributed by atoms with Crippen molar-refractivity contribution in [3.05, 3.63) is 42.2 Å². The van der Waals surface area contributed by atoms with Gasteiger partial charge in [-0.3, -0.25) is 9.48 Å². The molecule has 0 spiro atoms. The van der Waals surface area contributed by atoms with Crippen molar-refractivity contribution in [3.8, 4) is 11.5 Å². The number of likely N-dealkylation sites (tertiary alicyclic amines) is 1. The van der Waals surface area contributed by atoms with E-state index in [9.17, 15) is 4.79 Å². The van der Waals surface area contributed by atoms with Gasteiger partial charge in [-0.2, -0.15) is 5.10 Å². The third-order valence-corrected chi connectivity index (χ3v) is 3.97. The summed E-state index contributed by atoms with van der Waals surface area (Å²) in [6, 6.07) is 7.40. The molecule has 116 valence electrons. The predicted molar refractivity (Wildman–Crippen MR) is 84.0 cm³/mol. The molecule has 2 aromatic rings. The molecular formula is C17H21N3O2. The van der Waals surface area contributed by atoms with Gasteiger partial charge in [0.1, 0.15) is 5.75 Å². The quantitative estimate of drug-likeness (QED) is 0.875. The van der Waals surface area contributed by atoms with E-state index in [1.807, 2.05) is 36.2 Å². The van der Waals surface area contributed by atoms with E-state index < -0.39 is 0 Å². The van der Waals surface area contributed by atoms with Gasteiger partial charge in [-0.25, -0.2) is 0 Å². The summed E-state index contributed by atoms with van der Waals surface area (Å²) in [6.45, 7) is 3.84. The van der Waals surface area contributed by atoms with Crippen LogP contribution in [-0.4, -0.2) is 33.7 Å². The van der Waals surface area contributed by atoms with Crippen LogP contribution in [0.2, 0.25) is 0 Å². The molecule has 5 heteroatoms. The highest BCUT2D eigenvalue weighted by Gasteiger charge is 2.24. The van der Waals surface area contributed by atoms with E-state index in [1.54, 1.807) is 17.1 Å². The second kappa shape index (κ2) is 6.22. The number of nitrogens with zero attached hydrogens (tertiary/aromatic N) is 3. The van der Waals surface area contributed by atoms with Crippen LogP contribution in [0.25, 0.3) is 0 Å². The van der Waals surface area contributed by atoms with Gasteiger partial charge < -0.3 is 9.64 Å². The second-order valence-corrected chi connectivity index (χ2v) is 5.95. The summed E-state index contributed by atoms with van der Waals surface area (Å²) in [4.78, 5) is 14.7. The number of rotatable bonds is 3. The Balaban J connectivity index is 1.82. The third-order valence-electron chi connectivity index (χ3n) is 3.97. The molecule has 1 aromatic heterocycles. The topological polar surface area (TPSA) is 47.4 Å². The summed E-state index contributed by atoms with van der Waals surface area (Å²) in [5.41, 5.74) is 0.612. The van der Waals surface area contributed by atoms with E-state index in [0.29, 0.717) is 23.0 Å². The van der Waals surface area contributed by atoms with E-state index in [2.05, 4.69) is 12.0 Å². The van der Waals surface area contributed by atoms with Gasteiger partial charge in [0.15, 0.2) is 5.75 Å². The molecule has 0 radical (unpaired) electrons. The molecule has 0 bridgehead atoms. The number of piperidine rings is 1. The molecule has 5 nitrogen and oxygen atoms in total. The van der Waals surface area contributed by atoms with Gasteiger partial charge in [-0.05, 0) is 30.9 Å². The Bertz CT molecular complexity index is 665. The van der Waals surface area contributed by atoms with Crippen molar-refractivity contribution in [3.63, 3.8) is 0 Å². The summed E-state index contributed by atoms with van der Waals surface area (Å²) < 4.78 is 7.51. The van der Waals surface area contributed by atoms with E-state index in [4.69, 9.17) is 4.74 Å². The number of hydrogen-bond acceptors (Lipinski definition) is 3. The number of benzene rings is 1. The zero-order valence-corrected chi connectivity index (χ0v) is 13.0. The van der Waals surface area contributed by atoms with Crippen LogP contribution in [0.1, 0.15) is 30.1 Å². The first-order valence-electron chi connectivity index (χ1n) is 7.68. The fourth-order valence-corrected chi connectivity index (χ4v) is 2.85. The van der Waals surface area contributed by atoms with Crippen LogP contribution in [0.3, 0.4) is 0 Å². The van der Waals surface area contributed by atoms with Crippen molar-refractivity contribution in [1.29, 1.82) is 0 Å². The minimum absolute atomic E-state index is 0.0473. The second-order valence-electron chi connectivity index (χ2n) is 5.95. The predicted octanol–water partition coefficient (Wildman–Crippen LogP) is 3.08. The van der Waals surface area contributed by atoms with E-state index in [-0.39, 0.29) is 5.91 Å². The van der Waals surface area contributed by atoms with Crippen LogP contribution in [0.15, 0.2) is 36.7 Å². The monoisotopic (exact) mass is 299 g/mol. The molecule has 1 fully saturated rings. The highest BCUT2D eigenvalue weighted by molar-refractivity contribution is 5.97. The van der Waals surface area contributed by atoms with Crippen LogP contribution in [0, 0.1) is 5.92 Å². The number of amides is 1. The van der Waals surface area contributed by atoms with Crippen LogP contribution < -0.4 is 4.74 Å². The Hall–Kier alpha value is -2.30. The first-order chi connectivity index (χ1) is 10.6. The van der Waals surface area contributed by atoms with Gasteiger partial charge in [0.2, 0.25) is 0 Å². The van der Waals surface area contributed by atoms with Gasteiger partial charge in [0.05, 0.1) is 18.0 Å². The van der Waals surface area contributed by atoms with Gasteiger partial charge in [-0.1, -0.05) is 19.1 Å². The number of para-hydroxylation sites is 1. The number of aromatic nitrogens is 2. The molecule has 0 saturated carbocycles. The lowest BCUT2D eigenvalue weighted by molar-refractivity contribution is 0.0680. The summed E-state index contributed by atoms with van der Waals surface area (Å²) in [5, 5.41) is 4.08. The molecule has 22 heavy (non-hydrogen) atoms. The lowest BCUT2D eigenvalue weighted by Crippen LogP contribution is -2.39. The molecule has 1 aliphatic heterocycles. The van der Waals surface area contributed by atoms with E-state index in [1.165, 1.54) is 6.42 Å². The zero-order chi connectivity index (χ0) is 15.5. The molecular weight excluding hydrogens is 278 g/mol. The molecule has 0 N–H and O–H groups in total. The minimum Gasteiger partial charge on any atom is -0.453 e. The fourth-order valence-electron chi connectivity index (χ4n) is 2.85. The Morgan fingerprint density at radius 2 is 2.18 bits per heavy atom. The molecule has 2 heterocycles. The van der Waals surface area contributed by atoms with Crippen molar-refractivity contribution in [1.82, 2.24) is 14.7 Å². The average Bonchev–Trinajstić information content (AvgIpc) is 2.92. The minimum atomic E-state index is 0.0473. The van der Waals surface area contributed by atoms with Crippen LogP contribution in [0.5, 0.6) is 11.5 Å². The third kappa shape index (κ3) is 3.13. The van der Waals surface area contributed by atoms with Crippen LogP contribution in [0.4, 0.5) is 0 Å². The first-order valence-corrected chi connectivity index (χ1v) is 7.68. The summed E-state index contributed by atoms with van der Waals surface area (Å²) in [5.74, 6) is 1.82. The molecule has 1 aliphatic rings. The van der Waals surface area contributed by atoms with E-state index >= 15 is 0 Å². The first kappa shape index (κ1) is 14.6. The number of hydrogen-bond donors (Lipinski definition) is 0. The maximum absolute atomic E-state index is 12.8. The number of aryl methyl sites for hydroxylation is 1. The summed E-state index contributed by atoms with van der Waals surface area (Å²) in [6.07, 6.45) is 5.69. The number of carbonyl (C=O) groups excluding carboxylic acids is 1. The Kier molecular flexibility index (Phi) is 4.13.